The molecule has 8 heteroatoms. The van der Waals surface area contributed by atoms with Crippen molar-refractivity contribution in [3.8, 4) is 0 Å². The first-order valence-electron chi connectivity index (χ1n) is 20.9. The van der Waals surface area contributed by atoms with E-state index in [1.54, 1.807) is 11.8 Å². The van der Waals surface area contributed by atoms with E-state index in [2.05, 4.69) is 216 Å². The molecule has 0 spiro atoms. The number of benzene rings is 6. The standard InChI is InChI=1S/C19H23NS.C14H13BrS.C8H10S.C6H4BrI.C5H11N.2CH4/c1-15-10-11-18(16(2)14-15)21-19-9-5-4-8-17(19)20-12-6-3-7-13-20;1-10-7-8-13(11(2)9-10)16-14-6-4-3-5-12(14)15;1-6-3-4-8(9)7(2)5-6;7-5-3-1-2-4-6(5)8;1-2-4-6-5-3-1;;/h4-5,8-11,14H,3,6-7,12-13H2,1-2H3;3-9H,1-2H3;3-5,9H,1-2H3;1-4H;6H,1-5H2;2*1H4. The summed E-state index contributed by atoms with van der Waals surface area (Å²) in [5, 5.41) is 3.28. The highest BCUT2D eigenvalue weighted by Gasteiger charge is 2.15. The molecule has 62 heavy (non-hydrogen) atoms. The van der Waals surface area contributed by atoms with Crippen molar-refractivity contribution < 1.29 is 0 Å². The minimum atomic E-state index is 0. The highest BCUT2D eigenvalue weighted by molar-refractivity contribution is 14.1. The SMILES string of the molecule is Brc1ccccc1I.C.C.C1CCNCC1.Cc1ccc(S)c(C)c1.Cc1ccc(Sc2ccccc2Br)c(C)c1.Cc1ccc(Sc2ccccc2N2CCCCC2)c(C)c1. The lowest BCUT2D eigenvalue weighted by atomic mass is 10.1. The van der Waals surface area contributed by atoms with Crippen LogP contribution < -0.4 is 10.2 Å². The molecular weight excluding hydrogens is 1060 g/mol. The number of nitrogens with one attached hydrogen (secondary N) is 1. The molecule has 2 aliphatic rings. The number of aryl methyl sites for hydroxylation is 6. The molecule has 8 rings (SSSR count). The van der Waals surface area contributed by atoms with E-state index in [9.17, 15) is 0 Å². The Hall–Kier alpha value is -2.18. The fourth-order valence-corrected chi connectivity index (χ4v) is 9.86. The Kier molecular flexibility index (Phi) is 27.9. The summed E-state index contributed by atoms with van der Waals surface area (Å²) in [6.07, 6.45) is 8.24. The molecule has 0 saturated carbocycles. The third-order valence-corrected chi connectivity index (χ3v) is 16.2. The quantitative estimate of drug-likeness (QED) is 0.132. The van der Waals surface area contributed by atoms with Crippen LogP contribution in [0.1, 0.15) is 86.8 Å². The minimum absolute atomic E-state index is 0. The molecule has 1 N–H and O–H groups in total. The highest BCUT2D eigenvalue weighted by Crippen LogP contribution is 2.38. The van der Waals surface area contributed by atoms with Gasteiger partial charge in [0, 0.05) is 50.1 Å². The van der Waals surface area contributed by atoms with Crippen LogP contribution in [-0.4, -0.2) is 26.2 Å². The van der Waals surface area contributed by atoms with Gasteiger partial charge in [0.15, 0.2) is 0 Å². The summed E-state index contributed by atoms with van der Waals surface area (Å²) < 4.78 is 3.57. The average Bonchev–Trinajstić information content (AvgIpc) is 3.25. The Morgan fingerprint density at radius 3 is 1.39 bits per heavy atom. The molecule has 0 unspecified atom stereocenters. The van der Waals surface area contributed by atoms with Gasteiger partial charge in [-0.25, -0.2) is 0 Å². The van der Waals surface area contributed by atoms with Gasteiger partial charge in [-0.1, -0.05) is 134 Å². The van der Waals surface area contributed by atoms with Gasteiger partial charge in [0.2, 0.25) is 0 Å². The van der Waals surface area contributed by atoms with Crippen molar-refractivity contribution in [2.45, 2.75) is 119 Å². The molecule has 0 aromatic heterocycles. The first-order chi connectivity index (χ1) is 28.9. The van der Waals surface area contributed by atoms with E-state index in [0.717, 1.165) is 9.37 Å². The largest absolute Gasteiger partial charge is 0.371 e. The first kappa shape index (κ1) is 56.0. The second-order valence-corrected chi connectivity index (χ2v) is 20.7. The highest BCUT2D eigenvalue weighted by atomic mass is 127. The van der Waals surface area contributed by atoms with E-state index in [1.807, 2.05) is 42.1 Å². The number of rotatable bonds is 5. The van der Waals surface area contributed by atoms with Crippen molar-refractivity contribution in [1.29, 1.82) is 0 Å². The number of nitrogens with zero attached hydrogens (tertiary/aromatic N) is 1. The molecule has 334 valence electrons. The summed E-state index contributed by atoms with van der Waals surface area (Å²) in [5.41, 5.74) is 9.30. The smallest absolute Gasteiger partial charge is 0.0508 e. The monoisotopic (exact) mass is 1130 g/mol. The normalized spacial score (nSPS) is 12.8. The number of para-hydroxylation sites is 1. The van der Waals surface area contributed by atoms with Gasteiger partial charge in [-0.15, -0.1) is 12.6 Å². The van der Waals surface area contributed by atoms with Crippen molar-refractivity contribution >= 4 is 96.3 Å². The van der Waals surface area contributed by atoms with Crippen LogP contribution in [0, 0.1) is 45.1 Å². The topological polar surface area (TPSA) is 15.3 Å². The number of thiol groups is 1. The van der Waals surface area contributed by atoms with E-state index in [1.165, 1.54) is 131 Å². The molecular formula is C54H69Br2IN2S3. The molecule has 0 amide bonds. The van der Waals surface area contributed by atoms with Gasteiger partial charge >= 0.3 is 0 Å². The van der Waals surface area contributed by atoms with E-state index in [0.29, 0.717) is 0 Å². The third kappa shape index (κ3) is 20.3. The summed E-state index contributed by atoms with van der Waals surface area (Å²) in [6, 6.07) is 44.8. The molecule has 6 aromatic carbocycles. The van der Waals surface area contributed by atoms with E-state index >= 15 is 0 Å². The maximum Gasteiger partial charge on any atom is 0.0508 e. The minimum Gasteiger partial charge on any atom is -0.371 e. The Morgan fingerprint density at radius 1 is 0.500 bits per heavy atom. The number of piperidine rings is 2. The van der Waals surface area contributed by atoms with Crippen molar-refractivity contribution in [3.05, 3.63) is 173 Å². The van der Waals surface area contributed by atoms with E-state index in [-0.39, 0.29) is 14.9 Å². The molecule has 6 aromatic rings. The van der Waals surface area contributed by atoms with Gasteiger partial charge in [-0.3, -0.25) is 0 Å². The summed E-state index contributed by atoms with van der Waals surface area (Å²) in [5.74, 6) is 0. The van der Waals surface area contributed by atoms with Crippen LogP contribution in [0.3, 0.4) is 0 Å². The molecule has 0 aliphatic carbocycles. The Balaban J connectivity index is 0.000000285. The molecule has 2 heterocycles. The van der Waals surface area contributed by atoms with E-state index in [4.69, 9.17) is 0 Å². The fourth-order valence-electron chi connectivity index (χ4n) is 6.58. The van der Waals surface area contributed by atoms with Crippen LogP contribution in [0.5, 0.6) is 0 Å². The molecule has 0 radical (unpaired) electrons. The maximum atomic E-state index is 4.25. The molecule has 2 aliphatic heterocycles. The van der Waals surface area contributed by atoms with Gasteiger partial charge in [0.1, 0.15) is 0 Å². The second kappa shape index (κ2) is 30.9. The summed E-state index contributed by atoms with van der Waals surface area (Å²) in [7, 11) is 0. The maximum absolute atomic E-state index is 4.25. The lowest BCUT2D eigenvalue weighted by Crippen LogP contribution is -2.29. The van der Waals surface area contributed by atoms with Gasteiger partial charge in [0.05, 0.1) is 5.69 Å². The summed E-state index contributed by atoms with van der Waals surface area (Å²) in [6.45, 7) is 17.7. The van der Waals surface area contributed by atoms with Crippen LogP contribution >= 0.6 is 90.6 Å². The molecule has 2 nitrogen and oxygen atoms in total. The van der Waals surface area contributed by atoms with Crippen LogP contribution in [-0.2, 0) is 0 Å². The predicted molar refractivity (Wildman–Crippen MR) is 297 cm³/mol. The zero-order chi connectivity index (χ0) is 43.3. The van der Waals surface area contributed by atoms with Crippen LogP contribution in [0.4, 0.5) is 5.69 Å². The molecule has 0 atom stereocenters. The van der Waals surface area contributed by atoms with Gasteiger partial charge in [-0.2, -0.15) is 0 Å². The average molecular weight is 1130 g/mol. The Labute approximate surface area is 421 Å². The lowest BCUT2D eigenvalue weighted by Gasteiger charge is -2.30. The number of hydrogen-bond acceptors (Lipinski definition) is 5. The van der Waals surface area contributed by atoms with Gasteiger partial charge in [-0.05, 0) is 212 Å². The molecule has 2 saturated heterocycles. The van der Waals surface area contributed by atoms with Gasteiger partial charge in [0.25, 0.3) is 0 Å². The number of anilines is 1. The number of hydrogen-bond donors (Lipinski definition) is 2. The summed E-state index contributed by atoms with van der Waals surface area (Å²) in [4.78, 5) is 8.94. The fraction of sp³-hybridized carbons (Fsp3) is 0.333. The summed E-state index contributed by atoms with van der Waals surface area (Å²) >= 11 is 17.2. The molecule has 2 fully saturated rings. The second-order valence-electron chi connectivity index (χ2n) is 15.2. The van der Waals surface area contributed by atoms with Gasteiger partial charge < -0.3 is 10.2 Å². The third-order valence-electron chi connectivity index (χ3n) is 9.88. The van der Waals surface area contributed by atoms with Crippen LogP contribution in [0.25, 0.3) is 0 Å². The van der Waals surface area contributed by atoms with Crippen molar-refractivity contribution in [1.82, 2.24) is 5.32 Å². The zero-order valence-electron chi connectivity index (χ0n) is 36.0. The first-order valence-corrected chi connectivity index (χ1v) is 25.6. The lowest BCUT2D eigenvalue weighted by molar-refractivity contribution is 0.520. The van der Waals surface area contributed by atoms with Crippen molar-refractivity contribution in [2.24, 2.45) is 0 Å². The zero-order valence-corrected chi connectivity index (χ0v) is 43.9. The van der Waals surface area contributed by atoms with Crippen LogP contribution in [0.15, 0.2) is 161 Å². The predicted octanol–water partition coefficient (Wildman–Crippen LogP) is 18.3. The number of halogens is 3. The Morgan fingerprint density at radius 2 is 0.952 bits per heavy atom. The molecule has 0 bridgehead atoms. The Bertz CT molecular complexity index is 2170. The van der Waals surface area contributed by atoms with Crippen molar-refractivity contribution in [3.63, 3.8) is 0 Å². The van der Waals surface area contributed by atoms with Crippen molar-refractivity contribution in [2.75, 3.05) is 31.1 Å². The van der Waals surface area contributed by atoms with Crippen LogP contribution in [0.2, 0.25) is 0 Å². The van der Waals surface area contributed by atoms with E-state index < -0.39 is 0 Å².